The van der Waals surface area contributed by atoms with Gasteiger partial charge in [-0.15, -0.1) is 11.3 Å². The number of anilines is 2. The van der Waals surface area contributed by atoms with Crippen LogP contribution in [0, 0.1) is 6.92 Å². The predicted octanol–water partition coefficient (Wildman–Crippen LogP) is 4.33. The molecular weight excluding hydrogens is 572 g/mol. The second-order valence-electron chi connectivity index (χ2n) is 8.71. The van der Waals surface area contributed by atoms with E-state index in [0.717, 1.165) is 14.9 Å². The number of nitrogens with zero attached hydrogens (tertiary/aromatic N) is 2. The van der Waals surface area contributed by atoms with Gasteiger partial charge in [-0.1, -0.05) is 51.5 Å². The molecular formula is C27H19BrN4O3S2. The number of carbonyl (C=O) groups is 2. The molecule has 184 valence electrons. The van der Waals surface area contributed by atoms with Crippen LogP contribution in [-0.2, 0) is 9.59 Å². The smallest absolute Gasteiger partial charge is 0.272 e. The SMILES string of the molecule is CC1=C(C(=O)Nc2ccccc2C)C(c2cccs2)n2c(sc(=C3C(=O)Nc4ccc(Br)cc43)c2=O)=N1. The number of halogens is 1. The van der Waals surface area contributed by atoms with Crippen LogP contribution >= 0.6 is 38.6 Å². The topological polar surface area (TPSA) is 92.6 Å². The molecule has 6 rings (SSSR count). The zero-order valence-corrected chi connectivity index (χ0v) is 22.9. The Balaban J connectivity index is 1.56. The summed E-state index contributed by atoms with van der Waals surface area (Å²) in [5, 5.41) is 7.76. The van der Waals surface area contributed by atoms with Crippen LogP contribution < -0.4 is 25.5 Å². The summed E-state index contributed by atoms with van der Waals surface area (Å²) in [7, 11) is 0. The van der Waals surface area contributed by atoms with Crippen molar-refractivity contribution in [3.63, 3.8) is 0 Å². The maximum Gasteiger partial charge on any atom is 0.272 e. The Morgan fingerprint density at radius 3 is 2.68 bits per heavy atom. The number of thiazole rings is 1. The highest BCUT2D eigenvalue weighted by molar-refractivity contribution is 9.10. The highest BCUT2D eigenvalue weighted by atomic mass is 79.9. The molecule has 2 aliphatic heterocycles. The molecule has 2 aliphatic rings. The van der Waals surface area contributed by atoms with Gasteiger partial charge < -0.3 is 10.6 Å². The molecule has 4 heterocycles. The monoisotopic (exact) mass is 590 g/mol. The number of carbonyl (C=O) groups excluding carboxylic acids is 2. The van der Waals surface area contributed by atoms with Gasteiger partial charge >= 0.3 is 0 Å². The van der Waals surface area contributed by atoms with Crippen LogP contribution in [0.5, 0.6) is 0 Å². The molecule has 4 aromatic rings. The van der Waals surface area contributed by atoms with Gasteiger partial charge in [-0.2, -0.15) is 0 Å². The summed E-state index contributed by atoms with van der Waals surface area (Å²) in [6, 6.07) is 16.1. The first-order chi connectivity index (χ1) is 17.8. The van der Waals surface area contributed by atoms with E-state index in [-0.39, 0.29) is 17.4 Å². The molecule has 1 atom stereocenters. The number of benzene rings is 2. The van der Waals surface area contributed by atoms with E-state index >= 15 is 0 Å². The second kappa shape index (κ2) is 9.05. The molecule has 2 aromatic heterocycles. The number of amides is 2. The molecule has 0 fully saturated rings. The molecule has 0 radical (unpaired) electrons. The van der Waals surface area contributed by atoms with E-state index in [9.17, 15) is 14.4 Å². The number of allylic oxidation sites excluding steroid dienone is 1. The maximum absolute atomic E-state index is 14.0. The number of rotatable bonds is 3. The highest BCUT2D eigenvalue weighted by Gasteiger charge is 2.35. The van der Waals surface area contributed by atoms with Crippen LogP contribution in [0.2, 0.25) is 0 Å². The van der Waals surface area contributed by atoms with E-state index in [1.54, 1.807) is 17.6 Å². The first kappa shape index (κ1) is 23.8. The molecule has 0 saturated heterocycles. The van der Waals surface area contributed by atoms with Crippen molar-refractivity contribution in [1.29, 1.82) is 0 Å². The van der Waals surface area contributed by atoms with Crippen LogP contribution in [0.25, 0.3) is 5.57 Å². The lowest BCUT2D eigenvalue weighted by Crippen LogP contribution is -2.41. The fraction of sp³-hybridized carbons (Fsp3) is 0.111. The average Bonchev–Trinajstić information content (AvgIpc) is 3.57. The zero-order chi connectivity index (χ0) is 25.8. The number of nitrogens with one attached hydrogen (secondary N) is 2. The Morgan fingerprint density at radius 1 is 1.11 bits per heavy atom. The molecule has 10 heteroatoms. The lowest BCUT2D eigenvalue weighted by atomic mass is 10.0. The fourth-order valence-electron chi connectivity index (χ4n) is 4.65. The molecule has 2 N–H and O–H groups in total. The van der Waals surface area contributed by atoms with E-state index < -0.39 is 6.04 Å². The summed E-state index contributed by atoms with van der Waals surface area (Å²) >= 11 is 6.09. The highest BCUT2D eigenvalue weighted by Crippen LogP contribution is 2.35. The summed E-state index contributed by atoms with van der Waals surface area (Å²) in [6.45, 7) is 3.70. The quantitative estimate of drug-likeness (QED) is 0.372. The van der Waals surface area contributed by atoms with Crippen LogP contribution in [0.3, 0.4) is 0 Å². The standard InChI is InChI=1S/C27H19BrN4O3S2/c1-13-6-3-4-7-17(13)30-24(33)20-14(2)29-27-32(22(20)19-8-5-11-36-19)26(35)23(37-27)21-16-12-15(28)9-10-18(16)31-25(21)34/h3-12,22H,1-2H3,(H,30,33)(H,31,34). The van der Waals surface area contributed by atoms with Crippen LogP contribution in [0.15, 0.2) is 85.5 Å². The first-order valence-corrected chi connectivity index (χ1v) is 13.9. The van der Waals surface area contributed by atoms with Crippen molar-refractivity contribution in [2.75, 3.05) is 10.6 Å². The number of fused-ring (bicyclic) bond motifs is 2. The summed E-state index contributed by atoms with van der Waals surface area (Å²) in [5.41, 5.74) is 3.82. The Labute approximate surface area is 227 Å². The number of thiophene rings is 1. The van der Waals surface area contributed by atoms with E-state index in [2.05, 4.69) is 31.6 Å². The van der Waals surface area contributed by atoms with Gasteiger partial charge in [-0.05, 0) is 55.1 Å². The number of aryl methyl sites for hydroxylation is 1. The van der Waals surface area contributed by atoms with Crippen molar-refractivity contribution in [2.45, 2.75) is 19.9 Å². The fourth-order valence-corrected chi connectivity index (χ4v) is 6.97. The number of para-hydroxylation sites is 1. The van der Waals surface area contributed by atoms with Gasteiger partial charge in [0.2, 0.25) is 0 Å². The molecule has 7 nitrogen and oxygen atoms in total. The van der Waals surface area contributed by atoms with Gasteiger partial charge in [0, 0.05) is 26.3 Å². The van der Waals surface area contributed by atoms with E-state index in [1.165, 1.54) is 22.7 Å². The van der Waals surface area contributed by atoms with Crippen molar-refractivity contribution >= 4 is 67.4 Å². The second-order valence-corrected chi connectivity index (χ2v) is 11.6. The third-order valence-corrected chi connectivity index (χ3v) is 8.87. The van der Waals surface area contributed by atoms with Crippen molar-refractivity contribution in [3.05, 3.63) is 111 Å². The van der Waals surface area contributed by atoms with Crippen LogP contribution in [-0.4, -0.2) is 16.4 Å². The van der Waals surface area contributed by atoms with Crippen molar-refractivity contribution in [3.8, 4) is 0 Å². The third-order valence-electron chi connectivity index (χ3n) is 6.40. The molecule has 1 unspecified atom stereocenters. The zero-order valence-electron chi connectivity index (χ0n) is 19.7. The van der Waals surface area contributed by atoms with E-state index in [0.29, 0.717) is 43.1 Å². The van der Waals surface area contributed by atoms with E-state index in [4.69, 9.17) is 0 Å². The molecule has 0 aliphatic carbocycles. The number of hydrogen-bond acceptors (Lipinski definition) is 6. The number of hydrogen-bond donors (Lipinski definition) is 2. The molecule has 2 aromatic carbocycles. The van der Waals surface area contributed by atoms with Crippen LogP contribution in [0.1, 0.15) is 29.0 Å². The van der Waals surface area contributed by atoms with Gasteiger partial charge in [-0.3, -0.25) is 19.0 Å². The summed E-state index contributed by atoms with van der Waals surface area (Å²) in [5.74, 6) is -0.654. The van der Waals surface area contributed by atoms with Crippen molar-refractivity contribution < 1.29 is 9.59 Å². The Hall–Kier alpha value is -3.60. The van der Waals surface area contributed by atoms with E-state index in [1.807, 2.05) is 60.8 Å². The van der Waals surface area contributed by atoms with Gasteiger partial charge in [0.1, 0.15) is 10.6 Å². The predicted molar refractivity (Wildman–Crippen MR) is 150 cm³/mol. The minimum atomic E-state index is -0.666. The summed E-state index contributed by atoms with van der Waals surface area (Å²) in [4.78, 5) is 46.6. The van der Waals surface area contributed by atoms with Crippen LogP contribution in [0.4, 0.5) is 11.4 Å². The molecule has 0 saturated carbocycles. The first-order valence-electron chi connectivity index (χ1n) is 11.4. The average molecular weight is 592 g/mol. The Bertz CT molecular complexity index is 1830. The van der Waals surface area contributed by atoms with Gasteiger partial charge in [-0.25, -0.2) is 4.99 Å². The minimum Gasteiger partial charge on any atom is -0.322 e. The van der Waals surface area contributed by atoms with Crippen molar-refractivity contribution in [2.24, 2.45) is 4.99 Å². The maximum atomic E-state index is 14.0. The molecule has 0 spiro atoms. The Kier molecular flexibility index (Phi) is 5.82. The normalized spacial score (nSPS) is 17.7. The lowest BCUT2D eigenvalue weighted by Gasteiger charge is -2.24. The molecule has 37 heavy (non-hydrogen) atoms. The van der Waals surface area contributed by atoms with Gasteiger partial charge in [0.05, 0.1) is 16.8 Å². The molecule has 2 amide bonds. The third kappa shape index (κ3) is 3.92. The van der Waals surface area contributed by atoms with Gasteiger partial charge in [0.15, 0.2) is 4.80 Å². The largest absolute Gasteiger partial charge is 0.322 e. The van der Waals surface area contributed by atoms with Crippen molar-refractivity contribution in [1.82, 2.24) is 4.57 Å². The summed E-state index contributed by atoms with van der Waals surface area (Å²) < 4.78 is 2.64. The lowest BCUT2D eigenvalue weighted by molar-refractivity contribution is -0.113. The molecule has 0 bridgehead atoms. The minimum absolute atomic E-state index is 0.294. The van der Waals surface area contributed by atoms with Gasteiger partial charge in [0.25, 0.3) is 17.4 Å². The summed E-state index contributed by atoms with van der Waals surface area (Å²) in [6.07, 6.45) is 0. The Morgan fingerprint density at radius 2 is 1.92 bits per heavy atom. The number of aromatic nitrogens is 1.